The van der Waals surface area contributed by atoms with E-state index in [-0.39, 0.29) is 0 Å². The van der Waals surface area contributed by atoms with Crippen LogP contribution in [0.25, 0.3) is 0 Å². The monoisotopic (exact) mass is 259 g/mol. The van der Waals surface area contributed by atoms with Gasteiger partial charge in [-0.05, 0) is 42.2 Å². The van der Waals surface area contributed by atoms with E-state index in [1.54, 1.807) is 0 Å². The minimum absolute atomic E-state index is 0.385. The summed E-state index contributed by atoms with van der Waals surface area (Å²) in [5.74, 6) is 0. The maximum absolute atomic E-state index is 5.73. The average Bonchev–Trinajstić information content (AvgIpc) is 2.42. The SMILES string of the molecule is CC1(C)CCC(NC2COCc3ccccc32)CC1. The van der Waals surface area contributed by atoms with Crippen LogP contribution in [0.1, 0.15) is 56.7 Å². The van der Waals surface area contributed by atoms with E-state index in [0.717, 1.165) is 13.2 Å². The third-order valence-electron chi connectivity index (χ3n) is 4.75. The van der Waals surface area contributed by atoms with Crippen LogP contribution in [-0.2, 0) is 11.3 Å². The van der Waals surface area contributed by atoms with Crippen LogP contribution in [-0.4, -0.2) is 12.6 Å². The van der Waals surface area contributed by atoms with Gasteiger partial charge >= 0.3 is 0 Å². The van der Waals surface area contributed by atoms with Crippen molar-refractivity contribution in [3.63, 3.8) is 0 Å². The van der Waals surface area contributed by atoms with Crippen molar-refractivity contribution < 1.29 is 4.74 Å². The molecule has 0 amide bonds. The zero-order valence-electron chi connectivity index (χ0n) is 12.1. The van der Waals surface area contributed by atoms with Crippen molar-refractivity contribution >= 4 is 0 Å². The van der Waals surface area contributed by atoms with Crippen molar-refractivity contribution in [1.82, 2.24) is 5.32 Å². The fraction of sp³-hybridized carbons (Fsp3) is 0.647. The lowest BCUT2D eigenvalue weighted by molar-refractivity contribution is 0.0730. The molecule has 1 aliphatic heterocycles. The summed E-state index contributed by atoms with van der Waals surface area (Å²) in [7, 11) is 0. The fourth-order valence-electron chi connectivity index (χ4n) is 3.37. The summed E-state index contributed by atoms with van der Waals surface area (Å²) in [6.45, 7) is 6.37. The van der Waals surface area contributed by atoms with E-state index < -0.39 is 0 Å². The summed E-state index contributed by atoms with van der Waals surface area (Å²) in [4.78, 5) is 0. The lowest BCUT2D eigenvalue weighted by Gasteiger charge is -2.37. The topological polar surface area (TPSA) is 21.3 Å². The van der Waals surface area contributed by atoms with Crippen LogP contribution in [0, 0.1) is 5.41 Å². The maximum Gasteiger partial charge on any atom is 0.0721 e. The number of fused-ring (bicyclic) bond motifs is 1. The summed E-state index contributed by atoms with van der Waals surface area (Å²) in [6.07, 6.45) is 5.26. The van der Waals surface area contributed by atoms with Gasteiger partial charge in [0.25, 0.3) is 0 Å². The smallest absolute Gasteiger partial charge is 0.0721 e. The first-order valence-corrected chi connectivity index (χ1v) is 7.56. The summed E-state index contributed by atoms with van der Waals surface area (Å²) in [6, 6.07) is 9.73. The van der Waals surface area contributed by atoms with Gasteiger partial charge in [-0.1, -0.05) is 38.1 Å². The highest BCUT2D eigenvalue weighted by atomic mass is 16.5. The van der Waals surface area contributed by atoms with Gasteiger partial charge in [0.15, 0.2) is 0 Å². The number of nitrogens with one attached hydrogen (secondary N) is 1. The molecule has 19 heavy (non-hydrogen) atoms. The van der Waals surface area contributed by atoms with Gasteiger partial charge in [0.05, 0.1) is 19.3 Å². The fourth-order valence-corrected chi connectivity index (χ4v) is 3.37. The molecule has 1 fully saturated rings. The van der Waals surface area contributed by atoms with Gasteiger partial charge < -0.3 is 10.1 Å². The van der Waals surface area contributed by atoms with Crippen LogP contribution in [0.4, 0.5) is 0 Å². The van der Waals surface area contributed by atoms with Gasteiger partial charge in [-0.2, -0.15) is 0 Å². The van der Waals surface area contributed by atoms with Crippen LogP contribution in [0.15, 0.2) is 24.3 Å². The Bertz CT molecular complexity index is 431. The molecular weight excluding hydrogens is 234 g/mol. The van der Waals surface area contributed by atoms with E-state index in [4.69, 9.17) is 4.74 Å². The molecule has 0 bridgehead atoms. The second-order valence-corrected chi connectivity index (χ2v) is 6.87. The van der Waals surface area contributed by atoms with E-state index in [9.17, 15) is 0 Å². The normalized spacial score (nSPS) is 26.9. The Hall–Kier alpha value is -0.860. The van der Waals surface area contributed by atoms with E-state index >= 15 is 0 Å². The lowest BCUT2D eigenvalue weighted by atomic mass is 9.75. The zero-order chi connectivity index (χ0) is 13.3. The Morgan fingerprint density at radius 1 is 1.16 bits per heavy atom. The van der Waals surface area contributed by atoms with Crippen LogP contribution in [0.2, 0.25) is 0 Å². The molecule has 1 atom stereocenters. The molecule has 1 unspecified atom stereocenters. The molecule has 2 heteroatoms. The van der Waals surface area contributed by atoms with Crippen molar-refractivity contribution in [3.8, 4) is 0 Å². The molecule has 1 aromatic rings. The van der Waals surface area contributed by atoms with E-state index in [1.165, 1.54) is 36.8 Å². The second kappa shape index (κ2) is 5.26. The van der Waals surface area contributed by atoms with Crippen molar-refractivity contribution in [1.29, 1.82) is 0 Å². The molecular formula is C17H25NO. The molecule has 0 radical (unpaired) electrons. The number of hydrogen-bond donors (Lipinski definition) is 1. The number of ether oxygens (including phenoxy) is 1. The van der Waals surface area contributed by atoms with Gasteiger partial charge in [0.1, 0.15) is 0 Å². The highest BCUT2D eigenvalue weighted by Gasteiger charge is 2.29. The molecule has 0 saturated heterocycles. The van der Waals surface area contributed by atoms with Crippen LogP contribution in [0.5, 0.6) is 0 Å². The zero-order valence-corrected chi connectivity index (χ0v) is 12.1. The van der Waals surface area contributed by atoms with Crippen molar-refractivity contribution in [2.75, 3.05) is 6.61 Å². The molecule has 1 N–H and O–H groups in total. The molecule has 0 aromatic heterocycles. The van der Waals surface area contributed by atoms with Gasteiger partial charge in [0.2, 0.25) is 0 Å². The quantitative estimate of drug-likeness (QED) is 0.872. The predicted octanol–water partition coefficient (Wildman–Crippen LogP) is 3.82. The second-order valence-electron chi connectivity index (χ2n) is 6.87. The van der Waals surface area contributed by atoms with Crippen molar-refractivity contribution in [3.05, 3.63) is 35.4 Å². The van der Waals surface area contributed by atoms with E-state index in [0.29, 0.717) is 17.5 Å². The van der Waals surface area contributed by atoms with Crippen molar-refractivity contribution in [2.24, 2.45) is 5.41 Å². The minimum atomic E-state index is 0.385. The molecule has 1 heterocycles. The molecule has 2 nitrogen and oxygen atoms in total. The third-order valence-corrected chi connectivity index (χ3v) is 4.75. The first kappa shape index (κ1) is 13.1. The Kier molecular flexibility index (Phi) is 3.64. The first-order chi connectivity index (χ1) is 9.14. The summed E-state index contributed by atoms with van der Waals surface area (Å²) in [5, 5.41) is 3.83. The van der Waals surface area contributed by atoms with Crippen LogP contribution in [0.3, 0.4) is 0 Å². The average molecular weight is 259 g/mol. The largest absolute Gasteiger partial charge is 0.375 e. The van der Waals surface area contributed by atoms with Gasteiger partial charge in [-0.15, -0.1) is 0 Å². The minimum Gasteiger partial charge on any atom is -0.375 e. The maximum atomic E-state index is 5.73. The Balaban J connectivity index is 1.65. The highest BCUT2D eigenvalue weighted by molar-refractivity contribution is 5.31. The highest BCUT2D eigenvalue weighted by Crippen LogP contribution is 2.36. The molecule has 1 saturated carbocycles. The standard InChI is InChI=1S/C17H25NO/c1-17(2)9-7-14(8-10-17)18-16-12-19-11-13-5-3-4-6-15(13)16/h3-6,14,16,18H,7-12H2,1-2H3. The lowest BCUT2D eigenvalue weighted by Crippen LogP contribution is -2.40. The Morgan fingerprint density at radius 3 is 2.68 bits per heavy atom. The molecule has 104 valence electrons. The first-order valence-electron chi connectivity index (χ1n) is 7.56. The summed E-state index contributed by atoms with van der Waals surface area (Å²) in [5.41, 5.74) is 3.33. The third kappa shape index (κ3) is 3.01. The van der Waals surface area contributed by atoms with E-state index in [2.05, 4.69) is 43.4 Å². The van der Waals surface area contributed by atoms with Gasteiger partial charge in [-0.25, -0.2) is 0 Å². The Morgan fingerprint density at radius 2 is 1.89 bits per heavy atom. The molecule has 2 aliphatic rings. The number of benzene rings is 1. The van der Waals surface area contributed by atoms with Gasteiger partial charge in [-0.3, -0.25) is 0 Å². The van der Waals surface area contributed by atoms with E-state index in [1.807, 2.05) is 0 Å². The predicted molar refractivity (Wildman–Crippen MR) is 78.0 cm³/mol. The number of hydrogen-bond acceptors (Lipinski definition) is 2. The number of rotatable bonds is 2. The molecule has 3 rings (SSSR count). The molecule has 1 aliphatic carbocycles. The summed E-state index contributed by atoms with van der Waals surface area (Å²) < 4.78 is 5.73. The summed E-state index contributed by atoms with van der Waals surface area (Å²) >= 11 is 0. The van der Waals surface area contributed by atoms with Gasteiger partial charge in [0, 0.05) is 6.04 Å². The van der Waals surface area contributed by atoms with Crippen molar-refractivity contribution in [2.45, 2.75) is 58.2 Å². The van der Waals surface area contributed by atoms with Crippen LogP contribution >= 0.6 is 0 Å². The molecule has 0 spiro atoms. The Labute approximate surface area is 116 Å². The molecule has 1 aromatic carbocycles. The van der Waals surface area contributed by atoms with Crippen LogP contribution < -0.4 is 5.32 Å².